The highest BCUT2D eigenvalue weighted by atomic mass is 79.9. The second-order valence-electron chi connectivity index (χ2n) is 6.17. The summed E-state index contributed by atoms with van der Waals surface area (Å²) in [4.78, 5) is 0. The van der Waals surface area contributed by atoms with Gasteiger partial charge in [0.25, 0.3) is 0 Å². The van der Waals surface area contributed by atoms with Gasteiger partial charge in [0.2, 0.25) is 0 Å². The highest BCUT2D eigenvalue weighted by molar-refractivity contribution is 9.10. The summed E-state index contributed by atoms with van der Waals surface area (Å²) in [6, 6.07) is 8.85. The predicted molar refractivity (Wildman–Crippen MR) is 75.9 cm³/mol. The highest BCUT2D eigenvalue weighted by Crippen LogP contribution is 2.35. The number of benzene rings is 1. The van der Waals surface area contributed by atoms with Crippen molar-refractivity contribution in [3.05, 3.63) is 34.3 Å². The number of nitrogens with two attached hydrogens (primary N) is 1. The van der Waals surface area contributed by atoms with Gasteiger partial charge in [-0.3, -0.25) is 0 Å². The summed E-state index contributed by atoms with van der Waals surface area (Å²) in [5.74, 6) is 0. The van der Waals surface area contributed by atoms with Gasteiger partial charge in [-0.1, -0.05) is 48.8 Å². The zero-order chi connectivity index (χ0) is 12.7. The van der Waals surface area contributed by atoms with E-state index in [4.69, 9.17) is 5.73 Å². The van der Waals surface area contributed by atoms with Crippen LogP contribution in [0.2, 0.25) is 0 Å². The van der Waals surface area contributed by atoms with Gasteiger partial charge in [-0.15, -0.1) is 0 Å². The second kappa shape index (κ2) is 4.38. The molecule has 1 fully saturated rings. The average molecular weight is 297 g/mol. The van der Waals surface area contributed by atoms with Gasteiger partial charge in [-0.2, -0.15) is 0 Å². The van der Waals surface area contributed by atoms with Crippen molar-refractivity contribution in [1.82, 2.24) is 5.32 Å². The quantitative estimate of drug-likeness (QED) is 0.836. The van der Waals surface area contributed by atoms with Crippen LogP contribution < -0.4 is 11.1 Å². The van der Waals surface area contributed by atoms with E-state index in [9.17, 15) is 0 Å². The van der Waals surface area contributed by atoms with Crippen LogP contribution in [-0.2, 0) is 5.54 Å². The second-order valence-corrected chi connectivity index (χ2v) is 7.08. The molecular weight excluding hydrogens is 276 g/mol. The average Bonchev–Trinajstić information content (AvgIpc) is 2.62. The third-order valence-corrected chi connectivity index (χ3v) is 4.23. The molecule has 2 atom stereocenters. The van der Waals surface area contributed by atoms with E-state index in [0.717, 1.165) is 17.4 Å². The Morgan fingerprint density at radius 2 is 1.88 bits per heavy atom. The van der Waals surface area contributed by atoms with Crippen LogP contribution in [0.4, 0.5) is 0 Å². The summed E-state index contributed by atoms with van der Waals surface area (Å²) in [5.41, 5.74) is 7.80. The lowest BCUT2D eigenvalue weighted by Crippen LogP contribution is -2.38. The van der Waals surface area contributed by atoms with Crippen molar-refractivity contribution >= 4 is 15.9 Å². The summed E-state index contributed by atoms with van der Waals surface area (Å²) < 4.78 is 1.10. The molecule has 3 N–H and O–H groups in total. The molecule has 1 aromatic rings. The van der Waals surface area contributed by atoms with Crippen LogP contribution in [0, 0.1) is 5.41 Å². The fourth-order valence-electron chi connectivity index (χ4n) is 2.43. The minimum Gasteiger partial charge on any atom is -0.320 e. The summed E-state index contributed by atoms with van der Waals surface area (Å²) in [6.45, 7) is 7.64. The Morgan fingerprint density at radius 1 is 1.29 bits per heavy atom. The van der Waals surface area contributed by atoms with Crippen molar-refractivity contribution in [3.63, 3.8) is 0 Å². The van der Waals surface area contributed by atoms with E-state index in [1.54, 1.807) is 0 Å². The maximum Gasteiger partial charge on any atom is 0.0551 e. The molecule has 0 saturated carbocycles. The van der Waals surface area contributed by atoms with E-state index in [1.165, 1.54) is 5.56 Å². The van der Waals surface area contributed by atoms with Crippen LogP contribution in [0.1, 0.15) is 32.8 Å². The Balaban J connectivity index is 2.19. The maximum atomic E-state index is 6.54. The zero-order valence-corrected chi connectivity index (χ0v) is 12.3. The maximum absolute atomic E-state index is 6.54. The minimum absolute atomic E-state index is 0.224. The SMILES string of the molecule is CC(C)(C)C1CC(N)(c2ccc(Br)cc2)CN1. The van der Waals surface area contributed by atoms with Crippen LogP contribution in [0.5, 0.6) is 0 Å². The topological polar surface area (TPSA) is 38.0 Å². The minimum atomic E-state index is -0.224. The van der Waals surface area contributed by atoms with Gasteiger partial charge in [-0.25, -0.2) is 0 Å². The van der Waals surface area contributed by atoms with Crippen molar-refractivity contribution in [2.75, 3.05) is 6.54 Å². The fourth-order valence-corrected chi connectivity index (χ4v) is 2.69. The van der Waals surface area contributed by atoms with Crippen molar-refractivity contribution in [2.45, 2.75) is 38.8 Å². The number of hydrogen-bond donors (Lipinski definition) is 2. The lowest BCUT2D eigenvalue weighted by molar-refractivity contribution is 0.285. The smallest absolute Gasteiger partial charge is 0.0551 e. The lowest BCUT2D eigenvalue weighted by Gasteiger charge is -2.29. The Labute approximate surface area is 112 Å². The number of hydrogen-bond acceptors (Lipinski definition) is 2. The first-order chi connectivity index (χ1) is 7.81. The van der Waals surface area contributed by atoms with Gasteiger partial charge in [0.05, 0.1) is 5.54 Å². The van der Waals surface area contributed by atoms with Crippen LogP contribution in [0.3, 0.4) is 0 Å². The zero-order valence-electron chi connectivity index (χ0n) is 10.8. The first-order valence-corrected chi connectivity index (χ1v) is 6.89. The summed E-state index contributed by atoms with van der Waals surface area (Å²) in [5, 5.41) is 3.56. The highest BCUT2D eigenvalue weighted by Gasteiger charge is 2.41. The van der Waals surface area contributed by atoms with Crippen LogP contribution in [0.25, 0.3) is 0 Å². The van der Waals surface area contributed by atoms with E-state index in [1.807, 2.05) is 0 Å². The van der Waals surface area contributed by atoms with E-state index < -0.39 is 0 Å². The molecule has 0 aliphatic carbocycles. The van der Waals surface area contributed by atoms with Gasteiger partial charge < -0.3 is 11.1 Å². The standard InChI is InChI=1S/C14H21BrN2/c1-13(2,3)12-8-14(16,9-17-12)10-4-6-11(15)7-5-10/h4-7,12,17H,8-9,16H2,1-3H3. The van der Waals surface area contributed by atoms with E-state index in [2.05, 4.69) is 66.3 Å². The third kappa shape index (κ3) is 2.72. The predicted octanol–water partition coefficient (Wildman–Crippen LogP) is 3.01. The molecule has 94 valence electrons. The Bertz CT molecular complexity index is 394. The van der Waals surface area contributed by atoms with Gasteiger partial charge in [0.15, 0.2) is 0 Å². The molecule has 3 heteroatoms. The van der Waals surface area contributed by atoms with Crippen LogP contribution in [0.15, 0.2) is 28.7 Å². The molecular formula is C14H21BrN2. The van der Waals surface area contributed by atoms with Crippen molar-refractivity contribution in [3.8, 4) is 0 Å². The first kappa shape index (κ1) is 13.1. The molecule has 2 nitrogen and oxygen atoms in total. The lowest BCUT2D eigenvalue weighted by atomic mass is 9.80. The Morgan fingerprint density at radius 3 is 2.35 bits per heavy atom. The Kier molecular flexibility index (Phi) is 3.36. The molecule has 1 aromatic carbocycles. The molecule has 0 bridgehead atoms. The summed E-state index contributed by atoms with van der Waals surface area (Å²) in [6.07, 6.45) is 0.998. The molecule has 1 aliphatic rings. The van der Waals surface area contributed by atoms with Gasteiger partial charge in [0, 0.05) is 17.1 Å². The van der Waals surface area contributed by atoms with E-state index >= 15 is 0 Å². The van der Waals surface area contributed by atoms with Crippen molar-refractivity contribution in [2.24, 2.45) is 11.1 Å². The number of halogens is 1. The molecule has 0 aromatic heterocycles. The first-order valence-electron chi connectivity index (χ1n) is 6.10. The molecule has 17 heavy (non-hydrogen) atoms. The van der Waals surface area contributed by atoms with Crippen LogP contribution >= 0.6 is 15.9 Å². The summed E-state index contributed by atoms with van der Waals surface area (Å²) in [7, 11) is 0. The van der Waals surface area contributed by atoms with Crippen LogP contribution in [-0.4, -0.2) is 12.6 Å². The monoisotopic (exact) mass is 296 g/mol. The molecule has 2 rings (SSSR count). The van der Waals surface area contributed by atoms with E-state index in [-0.39, 0.29) is 11.0 Å². The Hall–Kier alpha value is -0.380. The third-order valence-electron chi connectivity index (χ3n) is 3.70. The molecule has 1 heterocycles. The van der Waals surface area contributed by atoms with Crippen molar-refractivity contribution in [1.29, 1.82) is 0 Å². The molecule has 0 radical (unpaired) electrons. The van der Waals surface area contributed by atoms with E-state index in [0.29, 0.717) is 6.04 Å². The molecule has 0 spiro atoms. The normalized spacial score (nSPS) is 29.6. The van der Waals surface area contributed by atoms with Gasteiger partial charge >= 0.3 is 0 Å². The molecule has 1 aliphatic heterocycles. The largest absolute Gasteiger partial charge is 0.320 e. The molecule has 2 unspecified atom stereocenters. The molecule has 0 amide bonds. The summed E-state index contributed by atoms with van der Waals surface area (Å²) >= 11 is 3.46. The molecule has 1 saturated heterocycles. The number of nitrogens with one attached hydrogen (secondary N) is 1. The number of rotatable bonds is 1. The van der Waals surface area contributed by atoms with Gasteiger partial charge in [0.1, 0.15) is 0 Å². The van der Waals surface area contributed by atoms with Gasteiger partial charge in [-0.05, 0) is 29.5 Å². The van der Waals surface area contributed by atoms with Crippen molar-refractivity contribution < 1.29 is 0 Å². The fraction of sp³-hybridized carbons (Fsp3) is 0.571.